The summed E-state index contributed by atoms with van der Waals surface area (Å²) in [5, 5.41) is 0.751. The van der Waals surface area contributed by atoms with Crippen LogP contribution in [0.15, 0.2) is 53.3 Å². The third-order valence-corrected chi connectivity index (χ3v) is 3.22. The smallest absolute Gasteiger partial charge is 0.279 e. The third-order valence-electron chi connectivity index (χ3n) is 3.22. The molecular formula is C15H14N2O. The van der Waals surface area contributed by atoms with Gasteiger partial charge in [0.05, 0.1) is 16.6 Å². The molecule has 1 heterocycles. The molecule has 1 aromatic heterocycles. The van der Waals surface area contributed by atoms with E-state index in [1.165, 1.54) is 0 Å². The van der Waals surface area contributed by atoms with Gasteiger partial charge < -0.3 is 0 Å². The van der Waals surface area contributed by atoms with Crippen molar-refractivity contribution in [1.82, 2.24) is 9.36 Å². The summed E-state index contributed by atoms with van der Waals surface area (Å²) in [5.41, 5.74) is 3.02. The van der Waals surface area contributed by atoms with Crippen LogP contribution in [0, 0.1) is 6.92 Å². The molecule has 2 aromatic carbocycles. The zero-order chi connectivity index (χ0) is 12.7. The summed E-state index contributed by atoms with van der Waals surface area (Å²) in [7, 11) is 1.91. The minimum Gasteiger partial charge on any atom is -0.280 e. The van der Waals surface area contributed by atoms with Crippen LogP contribution < -0.4 is 5.56 Å². The summed E-state index contributed by atoms with van der Waals surface area (Å²) in [6, 6.07) is 15.6. The number of nitrogens with zero attached hydrogens (tertiary/aromatic N) is 2. The van der Waals surface area contributed by atoms with Crippen molar-refractivity contribution >= 4 is 10.9 Å². The van der Waals surface area contributed by atoms with Crippen molar-refractivity contribution in [1.29, 1.82) is 0 Å². The number of aryl methyl sites for hydroxylation is 2. The lowest BCUT2D eigenvalue weighted by atomic mass is 10.2. The molecule has 0 amide bonds. The van der Waals surface area contributed by atoms with E-state index in [4.69, 9.17) is 0 Å². The Morgan fingerprint density at radius 2 is 1.78 bits per heavy atom. The van der Waals surface area contributed by atoms with Crippen molar-refractivity contribution in [3.05, 3.63) is 64.4 Å². The summed E-state index contributed by atoms with van der Waals surface area (Å²) in [5.74, 6) is 0. The van der Waals surface area contributed by atoms with Crippen LogP contribution in [0.5, 0.6) is 0 Å². The normalized spacial score (nSPS) is 11.0. The molecule has 90 valence electrons. The van der Waals surface area contributed by atoms with Crippen LogP contribution in [0.25, 0.3) is 16.6 Å². The predicted octanol–water partition coefficient (Wildman–Crippen LogP) is 2.64. The Morgan fingerprint density at radius 3 is 2.50 bits per heavy atom. The van der Waals surface area contributed by atoms with Gasteiger partial charge in [-0.25, -0.2) is 4.68 Å². The first kappa shape index (κ1) is 10.8. The first-order valence-corrected chi connectivity index (χ1v) is 5.92. The summed E-state index contributed by atoms with van der Waals surface area (Å²) in [6.45, 7) is 2.02. The van der Waals surface area contributed by atoms with Gasteiger partial charge in [-0.15, -0.1) is 0 Å². The van der Waals surface area contributed by atoms with Gasteiger partial charge in [-0.1, -0.05) is 24.3 Å². The van der Waals surface area contributed by atoms with E-state index in [9.17, 15) is 4.79 Å². The number of hydrogen-bond donors (Lipinski definition) is 0. The molecule has 0 fully saturated rings. The first-order chi connectivity index (χ1) is 8.68. The minimum atomic E-state index is 0.0266. The number of benzene rings is 2. The minimum absolute atomic E-state index is 0.0266. The first-order valence-electron chi connectivity index (χ1n) is 5.92. The molecule has 0 radical (unpaired) electrons. The van der Waals surface area contributed by atoms with Gasteiger partial charge in [0.1, 0.15) is 0 Å². The maximum Gasteiger partial charge on any atom is 0.279 e. The Morgan fingerprint density at radius 1 is 1.00 bits per heavy atom. The van der Waals surface area contributed by atoms with Crippen LogP contribution in [0.4, 0.5) is 0 Å². The van der Waals surface area contributed by atoms with E-state index in [-0.39, 0.29) is 5.56 Å². The van der Waals surface area contributed by atoms with Gasteiger partial charge in [-0.3, -0.25) is 9.48 Å². The predicted molar refractivity (Wildman–Crippen MR) is 73.3 cm³/mol. The van der Waals surface area contributed by atoms with Gasteiger partial charge in [-0.05, 0) is 36.8 Å². The fraction of sp³-hybridized carbons (Fsp3) is 0.133. The van der Waals surface area contributed by atoms with Crippen molar-refractivity contribution < 1.29 is 0 Å². The van der Waals surface area contributed by atoms with Crippen LogP contribution >= 0.6 is 0 Å². The molecule has 0 aliphatic carbocycles. The monoisotopic (exact) mass is 238 g/mol. The fourth-order valence-electron chi connectivity index (χ4n) is 2.34. The Kier molecular flexibility index (Phi) is 2.33. The zero-order valence-electron chi connectivity index (χ0n) is 10.4. The standard InChI is InChI=1S/C15H14N2O/c1-11-6-5-7-12(10-11)17-15(18)13-8-3-4-9-14(13)16(17)2/h3-10H,1-2H3. The van der Waals surface area contributed by atoms with Gasteiger partial charge in [0, 0.05) is 7.05 Å². The van der Waals surface area contributed by atoms with Gasteiger partial charge in [0.2, 0.25) is 0 Å². The van der Waals surface area contributed by atoms with Gasteiger partial charge >= 0.3 is 0 Å². The highest BCUT2D eigenvalue weighted by molar-refractivity contribution is 5.79. The van der Waals surface area contributed by atoms with E-state index in [0.717, 1.165) is 22.2 Å². The highest BCUT2D eigenvalue weighted by Crippen LogP contribution is 2.14. The number of aromatic nitrogens is 2. The number of fused-ring (bicyclic) bond motifs is 1. The second-order valence-corrected chi connectivity index (χ2v) is 4.50. The maximum absolute atomic E-state index is 12.4. The average Bonchev–Trinajstić information content (AvgIpc) is 2.63. The average molecular weight is 238 g/mol. The Balaban J connectivity index is 2.40. The van der Waals surface area contributed by atoms with Gasteiger partial charge in [0.15, 0.2) is 0 Å². The molecule has 0 atom stereocenters. The van der Waals surface area contributed by atoms with Gasteiger partial charge in [0.25, 0.3) is 5.56 Å². The molecule has 3 nitrogen and oxygen atoms in total. The number of rotatable bonds is 1. The molecule has 0 bridgehead atoms. The molecule has 0 unspecified atom stereocenters. The Bertz CT molecular complexity index is 781. The molecule has 0 aliphatic rings. The maximum atomic E-state index is 12.4. The van der Waals surface area contributed by atoms with E-state index in [0.29, 0.717) is 0 Å². The molecule has 0 spiro atoms. The molecule has 0 N–H and O–H groups in total. The van der Waals surface area contributed by atoms with Crippen molar-refractivity contribution in [2.45, 2.75) is 6.92 Å². The molecule has 3 rings (SSSR count). The van der Waals surface area contributed by atoms with Gasteiger partial charge in [-0.2, -0.15) is 0 Å². The number of hydrogen-bond acceptors (Lipinski definition) is 1. The number of para-hydroxylation sites is 1. The second-order valence-electron chi connectivity index (χ2n) is 4.50. The SMILES string of the molecule is Cc1cccc(-n2c(=O)c3ccccc3n2C)c1. The summed E-state index contributed by atoms with van der Waals surface area (Å²) in [4.78, 5) is 12.4. The highest BCUT2D eigenvalue weighted by atomic mass is 16.1. The van der Waals surface area contributed by atoms with Crippen LogP contribution in [-0.2, 0) is 7.05 Å². The lowest BCUT2D eigenvalue weighted by Gasteiger charge is -2.08. The Labute approximate surface area is 105 Å². The molecule has 0 aliphatic heterocycles. The van der Waals surface area contributed by atoms with Crippen LogP contribution in [0.3, 0.4) is 0 Å². The van der Waals surface area contributed by atoms with Crippen molar-refractivity contribution in [3.63, 3.8) is 0 Å². The van der Waals surface area contributed by atoms with Crippen molar-refractivity contribution in [2.75, 3.05) is 0 Å². The summed E-state index contributed by atoms with van der Waals surface area (Å²) in [6.07, 6.45) is 0. The topological polar surface area (TPSA) is 26.9 Å². The molecule has 3 aromatic rings. The zero-order valence-corrected chi connectivity index (χ0v) is 10.4. The quantitative estimate of drug-likeness (QED) is 0.640. The van der Waals surface area contributed by atoms with E-state index >= 15 is 0 Å². The van der Waals surface area contributed by atoms with E-state index in [1.807, 2.05) is 67.2 Å². The lowest BCUT2D eigenvalue weighted by Crippen LogP contribution is -2.19. The molecule has 0 saturated heterocycles. The van der Waals surface area contributed by atoms with Crippen molar-refractivity contribution in [2.24, 2.45) is 7.05 Å². The van der Waals surface area contributed by atoms with Crippen LogP contribution in [-0.4, -0.2) is 9.36 Å². The largest absolute Gasteiger partial charge is 0.280 e. The van der Waals surface area contributed by atoms with Crippen molar-refractivity contribution in [3.8, 4) is 5.69 Å². The summed E-state index contributed by atoms with van der Waals surface area (Å²) < 4.78 is 3.60. The van der Waals surface area contributed by atoms with E-state index < -0.39 is 0 Å². The van der Waals surface area contributed by atoms with E-state index in [2.05, 4.69) is 0 Å². The highest BCUT2D eigenvalue weighted by Gasteiger charge is 2.11. The molecular weight excluding hydrogens is 224 g/mol. The van der Waals surface area contributed by atoms with E-state index in [1.54, 1.807) is 4.68 Å². The molecule has 18 heavy (non-hydrogen) atoms. The van der Waals surface area contributed by atoms with Crippen LogP contribution in [0.1, 0.15) is 5.56 Å². The van der Waals surface area contributed by atoms with Crippen LogP contribution in [0.2, 0.25) is 0 Å². The second kappa shape index (κ2) is 3.88. The Hall–Kier alpha value is -2.29. The lowest BCUT2D eigenvalue weighted by molar-refractivity contribution is 0.666. The fourth-order valence-corrected chi connectivity index (χ4v) is 2.34. The third kappa shape index (κ3) is 1.48. The summed E-state index contributed by atoms with van der Waals surface area (Å²) >= 11 is 0. The molecule has 3 heteroatoms. The molecule has 0 saturated carbocycles.